The molecule has 6 fully saturated rings. The number of halogens is 2. The maximum Gasteiger partial charge on any atom is 0.337 e. The van der Waals surface area contributed by atoms with Crippen LogP contribution in [-0.4, -0.2) is 21.7 Å². The second-order valence-corrected chi connectivity index (χ2v) is 11.2. The van der Waals surface area contributed by atoms with Crippen molar-refractivity contribution in [2.75, 3.05) is 0 Å². The number of fused-ring (bicyclic) bond motifs is 1. The molecule has 0 aromatic carbocycles. The smallest absolute Gasteiger partial charge is 0.337 e. The van der Waals surface area contributed by atoms with Crippen LogP contribution in [0.3, 0.4) is 0 Å². The summed E-state index contributed by atoms with van der Waals surface area (Å²) in [5.41, 5.74) is 0. The summed E-state index contributed by atoms with van der Waals surface area (Å²) in [6.07, 6.45) is 13.8. The summed E-state index contributed by atoms with van der Waals surface area (Å²) in [6, 6.07) is 0. The zero-order valence-electron chi connectivity index (χ0n) is 15.4. The van der Waals surface area contributed by atoms with E-state index in [4.69, 9.17) is 27.9 Å². The zero-order chi connectivity index (χ0) is 18.6. The highest BCUT2D eigenvalue weighted by atomic mass is 35.5. The molecule has 0 spiro atoms. The van der Waals surface area contributed by atoms with Crippen molar-refractivity contribution in [2.45, 2.75) is 61.1 Å². The van der Waals surface area contributed by atoms with Crippen LogP contribution in [0, 0.1) is 47.3 Å². The fourth-order valence-corrected chi connectivity index (χ4v) is 9.69. The molecule has 146 valence electrons. The minimum Gasteiger partial charge on any atom is -0.390 e. The lowest BCUT2D eigenvalue weighted by Crippen LogP contribution is -2.75. The number of ether oxygens (including phenoxy) is 1. The zero-order valence-corrected chi connectivity index (χ0v) is 16.9. The van der Waals surface area contributed by atoms with E-state index in [1.54, 1.807) is 0 Å². The molecule has 1 aliphatic heterocycles. The van der Waals surface area contributed by atoms with Crippen LogP contribution in [0.4, 0.5) is 0 Å². The summed E-state index contributed by atoms with van der Waals surface area (Å²) in [5.74, 6) is 1.89. The van der Waals surface area contributed by atoms with Gasteiger partial charge in [-0.1, -0.05) is 25.0 Å². The Labute approximate surface area is 170 Å². The molecule has 7 rings (SSSR count). The highest BCUT2D eigenvalue weighted by Gasteiger charge is 2.83. The molecule has 6 aliphatic carbocycles. The van der Waals surface area contributed by atoms with Gasteiger partial charge in [-0.05, 0) is 85.9 Å². The Balaban J connectivity index is 1.52. The number of alkyl halides is 2. The van der Waals surface area contributed by atoms with Gasteiger partial charge in [0.2, 0.25) is 0 Å². The monoisotopic (exact) mass is 408 g/mol. The maximum atomic E-state index is 12.9. The molecule has 0 amide bonds. The lowest BCUT2D eigenvalue weighted by molar-refractivity contribution is -0.171. The fraction of sp³-hybridized carbons (Fsp3) is 0.818. The van der Waals surface area contributed by atoms with E-state index in [2.05, 4.69) is 12.2 Å². The highest BCUT2D eigenvalue weighted by Crippen LogP contribution is 2.74. The molecular weight excluding hydrogens is 383 g/mol. The molecule has 5 heteroatoms. The summed E-state index contributed by atoms with van der Waals surface area (Å²) in [7, 11) is 0. The van der Waals surface area contributed by atoms with Crippen molar-refractivity contribution in [1.82, 2.24) is 0 Å². The molecule has 10 unspecified atom stereocenters. The quantitative estimate of drug-likeness (QED) is 0.252. The lowest BCUT2D eigenvalue weighted by atomic mass is 9.38. The van der Waals surface area contributed by atoms with Crippen molar-refractivity contribution >= 4 is 35.1 Å². The lowest BCUT2D eigenvalue weighted by Gasteiger charge is -2.68. The summed E-state index contributed by atoms with van der Waals surface area (Å²) in [4.78, 5) is 23.1. The second kappa shape index (κ2) is 5.53. The Kier molecular flexibility index (Phi) is 3.55. The van der Waals surface area contributed by atoms with E-state index in [1.807, 2.05) is 0 Å². The molecular formula is C22H26Cl2O3. The molecule has 27 heavy (non-hydrogen) atoms. The molecule has 0 aromatic heterocycles. The van der Waals surface area contributed by atoms with Crippen LogP contribution < -0.4 is 0 Å². The average Bonchev–Trinajstić information content (AvgIpc) is 2.86. The van der Waals surface area contributed by atoms with Crippen molar-refractivity contribution in [3.8, 4) is 0 Å². The Morgan fingerprint density at radius 2 is 1.22 bits per heavy atom. The minimum absolute atomic E-state index is 0.0113. The molecule has 2 bridgehead atoms. The normalized spacial score (nSPS) is 58.1. The van der Waals surface area contributed by atoms with E-state index in [0.29, 0.717) is 35.5 Å². The van der Waals surface area contributed by atoms with Gasteiger partial charge in [-0.15, -0.1) is 23.2 Å². The third-order valence-corrected chi connectivity index (χ3v) is 10.9. The van der Waals surface area contributed by atoms with Crippen LogP contribution in [-0.2, 0) is 14.3 Å². The predicted octanol–water partition coefficient (Wildman–Crippen LogP) is 4.70. The van der Waals surface area contributed by atoms with Gasteiger partial charge in [0, 0.05) is 0 Å². The minimum atomic E-state index is -1.35. The molecule has 1 heterocycles. The fourth-order valence-electron chi connectivity index (χ4n) is 8.56. The molecule has 10 atom stereocenters. The van der Waals surface area contributed by atoms with Crippen LogP contribution in [0.5, 0.6) is 0 Å². The van der Waals surface area contributed by atoms with Gasteiger partial charge < -0.3 is 4.74 Å². The van der Waals surface area contributed by atoms with Crippen LogP contribution in [0.2, 0.25) is 0 Å². The number of hydrogen-bond acceptors (Lipinski definition) is 3. The van der Waals surface area contributed by atoms with Crippen LogP contribution >= 0.6 is 23.2 Å². The Morgan fingerprint density at radius 1 is 0.778 bits per heavy atom. The van der Waals surface area contributed by atoms with E-state index in [-0.39, 0.29) is 11.8 Å². The molecule has 1 saturated heterocycles. The first-order valence-corrected chi connectivity index (χ1v) is 11.5. The number of allylic oxidation sites excluding steroid dienone is 2. The van der Waals surface area contributed by atoms with Gasteiger partial charge in [0.15, 0.2) is 9.75 Å². The van der Waals surface area contributed by atoms with Crippen LogP contribution in [0.25, 0.3) is 0 Å². The number of hydrogen-bond donors (Lipinski definition) is 0. The SMILES string of the molecule is O=C1OC(=O)C2(Cl)C3C4CCCCC4C(C4CC5CC=CCC5CC43)C12Cl. The van der Waals surface area contributed by atoms with E-state index < -0.39 is 21.7 Å². The van der Waals surface area contributed by atoms with Crippen molar-refractivity contribution in [1.29, 1.82) is 0 Å². The van der Waals surface area contributed by atoms with Crippen LogP contribution in [0.15, 0.2) is 12.2 Å². The second-order valence-electron chi connectivity index (χ2n) is 10.0. The Hall–Kier alpha value is -0.540. The van der Waals surface area contributed by atoms with Crippen molar-refractivity contribution in [2.24, 2.45) is 47.3 Å². The first kappa shape index (κ1) is 17.3. The first-order chi connectivity index (χ1) is 13.0. The summed E-state index contributed by atoms with van der Waals surface area (Å²) in [5, 5.41) is 0. The number of carbonyl (C=O) groups is 2. The van der Waals surface area contributed by atoms with Gasteiger partial charge in [0.05, 0.1) is 0 Å². The third-order valence-electron chi connectivity index (χ3n) is 9.36. The molecule has 5 saturated carbocycles. The molecule has 7 aliphatic rings. The summed E-state index contributed by atoms with van der Waals surface area (Å²) in [6.45, 7) is 0. The maximum absolute atomic E-state index is 12.9. The van der Waals surface area contributed by atoms with E-state index >= 15 is 0 Å². The Morgan fingerprint density at radius 3 is 1.67 bits per heavy atom. The molecule has 0 aromatic rings. The van der Waals surface area contributed by atoms with E-state index in [0.717, 1.165) is 38.5 Å². The predicted molar refractivity (Wildman–Crippen MR) is 102 cm³/mol. The first-order valence-electron chi connectivity index (χ1n) is 10.8. The number of rotatable bonds is 0. The van der Waals surface area contributed by atoms with Gasteiger partial charge in [-0.25, -0.2) is 9.59 Å². The van der Waals surface area contributed by atoms with Crippen molar-refractivity contribution in [3.05, 3.63) is 12.2 Å². The topological polar surface area (TPSA) is 43.4 Å². The summed E-state index contributed by atoms with van der Waals surface area (Å²) >= 11 is 14.3. The van der Waals surface area contributed by atoms with Crippen molar-refractivity contribution in [3.63, 3.8) is 0 Å². The largest absolute Gasteiger partial charge is 0.390 e. The average molecular weight is 409 g/mol. The standard InChI is InChI=1S/C22H26Cl2O3/c23-21-17-13-7-3-4-8-14(13)18(22(21,24)20(26)27-19(21)25)16-10-12-6-2-1-5-11(12)9-15(16)17/h1-2,11-18H,3-10H2. The molecule has 0 radical (unpaired) electrons. The number of cyclic esters (lactones) is 2. The Bertz CT molecular complexity index is 690. The van der Waals surface area contributed by atoms with E-state index in [9.17, 15) is 9.59 Å². The molecule has 0 N–H and O–H groups in total. The highest BCUT2D eigenvalue weighted by molar-refractivity contribution is 6.51. The number of esters is 2. The number of carbonyl (C=O) groups excluding carboxylic acids is 2. The van der Waals surface area contributed by atoms with Crippen LogP contribution in [0.1, 0.15) is 51.4 Å². The molecule has 3 nitrogen and oxygen atoms in total. The van der Waals surface area contributed by atoms with Gasteiger partial charge >= 0.3 is 11.9 Å². The van der Waals surface area contributed by atoms with Gasteiger partial charge in [-0.2, -0.15) is 0 Å². The van der Waals surface area contributed by atoms with Gasteiger partial charge in [-0.3, -0.25) is 0 Å². The van der Waals surface area contributed by atoms with Gasteiger partial charge in [0.1, 0.15) is 0 Å². The summed E-state index contributed by atoms with van der Waals surface area (Å²) < 4.78 is 5.17. The third kappa shape index (κ3) is 1.87. The van der Waals surface area contributed by atoms with Gasteiger partial charge in [0.25, 0.3) is 0 Å². The van der Waals surface area contributed by atoms with E-state index in [1.165, 1.54) is 12.8 Å². The van der Waals surface area contributed by atoms with Crippen molar-refractivity contribution < 1.29 is 14.3 Å².